The summed E-state index contributed by atoms with van der Waals surface area (Å²) in [6, 6.07) is 13.9. The molecule has 1 fully saturated rings. The number of benzene rings is 1. The van der Waals surface area contributed by atoms with E-state index in [0.717, 1.165) is 46.0 Å². The quantitative estimate of drug-likeness (QED) is 0.487. The zero-order valence-corrected chi connectivity index (χ0v) is 18.9. The van der Waals surface area contributed by atoms with Crippen molar-refractivity contribution in [2.45, 2.75) is 35.8 Å². The SMILES string of the molecule is CNc1c(SCc2cccnc2)nc(N)c(C#N)c1-c1ccc(O[C@H]2CC[C@@H]2OC)cc1. The third-order valence-corrected chi connectivity index (χ3v) is 6.58. The number of nitrogen functional groups attached to an aromatic ring is 1. The molecule has 3 N–H and O–H groups in total. The molecule has 32 heavy (non-hydrogen) atoms. The first-order chi connectivity index (χ1) is 15.6. The maximum absolute atomic E-state index is 9.80. The van der Waals surface area contributed by atoms with Crippen LogP contribution in [0.2, 0.25) is 0 Å². The summed E-state index contributed by atoms with van der Waals surface area (Å²) in [7, 11) is 3.54. The summed E-state index contributed by atoms with van der Waals surface area (Å²) in [4.78, 5) is 8.67. The molecule has 0 radical (unpaired) electrons. The van der Waals surface area contributed by atoms with Crippen LogP contribution in [0.3, 0.4) is 0 Å². The third kappa shape index (κ3) is 4.49. The van der Waals surface area contributed by atoms with Gasteiger partial charge in [0.2, 0.25) is 0 Å². The predicted molar refractivity (Wildman–Crippen MR) is 127 cm³/mol. The summed E-state index contributed by atoms with van der Waals surface area (Å²) in [5, 5.41) is 13.8. The van der Waals surface area contributed by atoms with Crippen LogP contribution in [0.15, 0.2) is 53.8 Å². The molecule has 0 unspecified atom stereocenters. The number of rotatable bonds is 8. The number of pyridine rings is 2. The Hall–Kier alpha value is -3.28. The van der Waals surface area contributed by atoms with E-state index >= 15 is 0 Å². The van der Waals surface area contributed by atoms with Gasteiger partial charge in [-0.25, -0.2) is 4.98 Å². The van der Waals surface area contributed by atoms with Crippen LogP contribution < -0.4 is 15.8 Å². The van der Waals surface area contributed by atoms with Crippen LogP contribution in [0.4, 0.5) is 11.5 Å². The average molecular weight is 448 g/mol. The molecule has 1 aliphatic rings. The highest BCUT2D eigenvalue weighted by atomic mass is 32.2. The number of hydrogen-bond acceptors (Lipinski definition) is 8. The van der Waals surface area contributed by atoms with Crippen molar-refractivity contribution in [3.63, 3.8) is 0 Å². The van der Waals surface area contributed by atoms with Crippen LogP contribution in [0, 0.1) is 11.3 Å². The first-order valence-corrected chi connectivity index (χ1v) is 11.4. The number of nitrogens with one attached hydrogen (secondary N) is 1. The first kappa shape index (κ1) is 21.9. The standard InChI is InChI=1S/C24H25N5O2S/c1-27-22-21(16-5-7-17(8-6-16)31-20-10-9-19(20)30-2)18(12-25)23(26)29-24(22)32-14-15-4-3-11-28-13-15/h3-8,11,13,19-20,27H,9-10,14H2,1-2H3,(H2,26,29)/t19-,20-/m0/s1. The monoisotopic (exact) mass is 447 g/mol. The highest BCUT2D eigenvalue weighted by molar-refractivity contribution is 7.98. The van der Waals surface area contributed by atoms with Gasteiger partial charge < -0.3 is 20.5 Å². The van der Waals surface area contributed by atoms with Crippen LogP contribution in [0.1, 0.15) is 24.0 Å². The summed E-state index contributed by atoms with van der Waals surface area (Å²) in [6.45, 7) is 0. The first-order valence-electron chi connectivity index (χ1n) is 10.4. The molecule has 7 nitrogen and oxygen atoms in total. The van der Waals surface area contributed by atoms with E-state index in [9.17, 15) is 5.26 Å². The normalized spacial score (nSPS) is 17.3. The molecule has 1 aromatic carbocycles. The van der Waals surface area contributed by atoms with Gasteiger partial charge in [0, 0.05) is 37.9 Å². The lowest BCUT2D eigenvalue weighted by Gasteiger charge is -2.35. The molecular weight excluding hydrogens is 422 g/mol. The highest BCUT2D eigenvalue weighted by Gasteiger charge is 2.32. The van der Waals surface area contributed by atoms with E-state index in [-0.39, 0.29) is 18.0 Å². The molecule has 2 atom stereocenters. The van der Waals surface area contributed by atoms with Gasteiger partial charge in [-0.3, -0.25) is 4.98 Å². The van der Waals surface area contributed by atoms with Crippen LogP contribution >= 0.6 is 11.8 Å². The maximum Gasteiger partial charge on any atom is 0.143 e. The molecule has 8 heteroatoms. The summed E-state index contributed by atoms with van der Waals surface area (Å²) < 4.78 is 11.4. The Balaban J connectivity index is 1.64. The number of nitrogens with zero attached hydrogens (tertiary/aromatic N) is 3. The van der Waals surface area contributed by atoms with Gasteiger partial charge in [-0.15, -0.1) is 0 Å². The summed E-state index contributed by atoms with van der Waals surface area (Å²) in [5.74, 6) is 1.68. The number of aromatic nitrogens is 2. The zero-order chi connectivity index (χ0) is 22.5. The van der Waals surface area contributed by atoms with Crippen molar-refractivity contribution in [2.24, 2.45) is 0 Å². The number of thioether (sulfide) groups is 1. The molecule has 0 aliphatic heterocycles. The molecule has 0 bridgehead atoms. The largest absolute Gasteiger partial charge is 0.488 e. The fraction of sp³-hybridized carbons (Fsp3) is 0.292. The lowest BCUT2D eigenvalue weighted by Crippen LogP contribution is -2.42. The minimum Gasteiger partial charge on any atom is -0.488 e. The number of nitrogens with two attached hydrogens (primary N) is 1. The molecule has 1 aliphatic carbocycles. The van der Waals surface area contributed by atoms with Crippen molar-refractivity contribution in [1.82, 2.24) is 9.97 Å². The van der Waals surface area contributed by atoms with Crippen LogP contribution in [-0.4, -0.2) is 36.3 Å². The number of methoxy groups -OCH3 is 1. The van der Waals surface area contributed by atoms with E-state index in [1.807, 2.05) is 49.6 Å². The molecule has 2 aromatic heterocycles. The number of anilines is 2. The van der Waals surface area contributed by atoms with Gasteiger partial charge in [0.25, 0.3) is 0 Å². The molecule has 4 rings (SSSR count). The van der Waals surface area contributed by atoms with Crippen molar-refractivity contribution in [3.8, 4) is 22.9 Å². The average Bonchev–Trinajstić information content (AvgIpc) is 2.81. The minimum absolute atomic E-state index is 0.0837. The van der Waals surface area contributed by atoms with Gasteiger partial charge in [0.1, 0.15) is 34.3 Å². The molecule has 1 saturated carbocycles. The Morgan fingerprint density at radius 2 is 2.00 bits per heavy atom. The van der Waals surface area contributed by atoms with Gasteiger partial charge >= 0.3 is 0 Å². The fourth-order valence-electron chi connectivity index (χ4n) is 3.67. The van der Waals surface area contributed by atoms with Crippen LogP contribution in [0.25, 0.3) is 11.1 Å². The Bertz CT molecular complexity index is 1110. The second-order valence-electron chi connectivity index (χ2n) is 7.47. The van der Waals surface area contributed by atoms with E-state index in [2.05, 4.69) is 21.4 Å². The van der Waals surface area contributed by atoms with Crippen molar-refractivity contribution in [2.75, 3.05) is 25.2 Å². The van der Waals surface area contributed by atoms with E-state index in [0.29, 0.717) is 11.3 Å². The fourth-order valence-corrected chi connectivity index (χ4v) is 4.66. The molecule has 164 valence electrons. The molecule has 0 spiro atoms. The lowest BCUT2D eigenvalue weighted by atomic mass is 9.92. The molecule has 0 saturated heterocycles. The van der Waals surface area contributed by atoms with Gasteiger partial charge in [-0.05, 0) is 42.2 Å². The van der Waals surface area contributed by atoms with Crippen molar-refractivity contribution < 1.29 is 9.47 Å². The minimum atomic E-state index is 0.0837. The Morgan fingerprint density at radius 1 is 1.22 bits per heavy atom. The number of nitriles is 1. The van der Waals surface area contributed by atoms with Crippen LogP contribution in [0.5, 0.6) is 5.75 Å². The number of ether oxygens (including phenoxy) is 2. The second kappa shape index (κ2) is 9.90. The Kier molecular flexibility index (Phi) is 6.78. The van der Waals surface area contributed by atoms with Gasteiger partial charge in [-0.1, -0.05) is 30.0 Å². The summed E-state index contributed by atoms with van der Waals surface area (Å²) in [6.07, 6.45) is 5.81. The van der Waals surface area contributed by atoms with Gasteiger partial charge in [0.15, 0.2) is 0 Å². The predicted octanol–water partition coefficient (Wildman–Crippen LogP) is 4.49. The Labute approximate surface area is 192 Å². The van der Waals surface area contributed by atoms with E-state index in [1.54, 1.807) is 25.1 Å². The van der Waals surface area contributed by atoms with E-state index in [1.165, 1.54) is 0 Å². The third-order valence-electron chi connectivity index (χ3n) is 5.54. The van der Waals surface area contributed by atoms with E-state index in [4.69, 9.17) is 15.2 Å². The second-order valence-corrected chi connectivity index (χ2v) is 8.44. The highest BCUT2D eigenvalue weighted by Crippen LogP contribution is 2.41. The van der Waals surface area contributed by atoms with Crippen molar-refractivity contribution in [1.29, 1.82) is 5.26 Å². The molecular formula is C24H25N5O2S. The summed E-state index contributed by atoms with van der Waals surface area (Å²) >= 11 is 1.55. The molecule has 0 amide bonds. The van der Waals surface area contributed by atoms with Gasteiger partial charge in [0.05, 0.1) is 11.8 Å². The van der Waals surface area contributed by atoms with Crippen molar-refractivity contribution >= 4 is 23.3 Å². The van der Waals surface area contributed by atoms with Crippen LogP contribution in [-0.2, 0) is 10.5 Å². The number of hydrogen-bond donors (Lipinski definition) is 2. The van der Waals surface area contributed by atoms with Gasteiger partial charge in [-0.2, -0.15) is 5.26 Å². The lowest BCUT2D eigenvalue weighted by molar-refractivity contribution is -0.0625. The Morgan fingerprint density at radius 3 is 2.59 bits per heavy atom. The smallest absolute Gasteiger partial charge is 0.143 e. The maximum atomic E-state index is 9.80. The van der Waals surface area contributed by atoms with Crippen molar-refractivity contribution in [3.05, 3.63) is 59.9 Å². The molecule has 3 aromatic rings. The van der Waals surface area contributed by atoms with E-state index < -0.39 is 0 Å². The summed E-state index contributed by atoms with van der Waals surface area (Å²) in [5.41, 5.74) is 10.0. The topological polar surface area (TPSA) is 106 Å². The molecule has 2 heterocycles. The zero-order valence-electron chi connectivity index (χ0n) is 18.0.